The summed E-state index contributed by atoms with van der Waals surface area (Å²) in [6.07, 6.45) is 2.05. The Labute approximate surface area is 116 Å². The van der Waals surface area contributed by atoms with Gasteiger partial charge in [-0.15, -0.1) is 0 Å². The number of alkyl carbamates (subject to hydrolysis) is 1. The van der Waals surface area contributed by atoms with Gasteiger partial charge in [-0.1, -0.05) is 13.8 Å². The molecule has 0 aromatic carbocycles. The topological polar surface area (TPSA) is 50.4 Å². The molecule has 1 saturated carbocycles. The highest BCUT2D eigenvalue weighted by Crippen LogP contribution is 2.35. The molecule has 1 aliphatic carbocycles. The molecule has 0 aromatic heterocycles. The van der Waals surface area contributed by atoms with Gasteiger partial charge in [0.05, 0.1) is 0 Å². The van der Waals surface area contributed by atoms with Crippen molar-refractivity contribution in [3.8, 4) is 0 Å². The first-order valence-electron chi connectivity index (χ1n) is 7.49. The molecule has 0 aromatic rings. The Kier molecular flexibility index (Phi) is 4.09. The quantitative estimate of drug-likeness (QED) is 0.768. The molecule has 3 rings (SSSR count). The number of hydrogen-bond acceptors (Lipinski definition) is 3. The van der Waals surface area contributed by atoms with Gasteiger partial charge in [0.15, 0.2) is 0 Å². The first-order chi connectivity index (χ1) is 8.76. The normalized spacial score (nSPS) is 38.7. The fourth-order valence-electron chi connectivity index (χ4n) is 3.47. The van der Waals surface area contributed by atoms with E-state index in [4.69, 9.17) is 4.74 Å². The molecule has 2 aliphatic heterocycles. The molecule has 2 saturated heterocycles. The molecule has 2 bridgehead atoms. The largest absolute Gasteiger partial charge is 0.444 e. The van der Waals surface area contributed by atoms with Crippen molar-refractivity contribution in [3.05, 3.63) is 0 Å². The number of fused-ring (bicyclic) bond motifs is 4. The standard InChI is InChI=1S/C15H28N2O2/c1-9-6-11-7-12(13(10(9)2)16-8-11)17-14(18)19-15(3,4)5/h9-13,16H,6-8H2,1-5H3,(H,17,18)/t9-,10-,11-,12+,13-/m1/s1. The molecule has 2 heterocycles. The van der Waals surface area contributed by atoms with Crippen LogP contribution >= 0.6 is 0 Å². The lowest BCUT2D eigenvalue weighted by atomic mass is 9.86. The lowest BCUT2D eigenvalue weighted by molar-refractivity contribution is 0.0467. The van der Waals surface area contributed by atoms with E-state index in [2.05, 4.69) is 24.5 Å². The average molecular weight is 268 g/mol. The molecule has 3 fully saturated rings. The molecule has 4 heteroatoms. The molecule has 3 aliphatic rings. The summed E-state index contributed by atoms with van der Waals surface area (Å²) in [5, 5.41) is 6.68. The highest BCUT2D eigenvalue weighted by molar-refractivity contribution is 5.68. The van der Waals surface area contributed by atoms with E-state index in [1.165, 1.54) is 6.42 Å². The number of ether oxygens (including phenoxy) is 1. The van der Waals surface area contributed by atoms with Crippen molar-refractivity contribution >= 4 is 6.09 Å². The van der Waals surface area contributed by atoms with Crippen LogP contribution in [0.4, 0.5) is 4.79 Å². The van der Waals surface area contributed by atoms with E-state index in [9.17, 15) is 4.79 Å². The van der Waals surface area contributed by atoms with Gasteiger partial charge in [-0.05, 0) is 57.9 Å². The number of amides is 1. The van der Waals surface area contributed by atoms with Gasteiger partial charge in [0.25, 0.3) is 0 Å². The van der Waals surface area contributed by atoms with Crippen LogP contribution < -0.4 is 10.6 Å². The second-order valence-electron chi connectivity index (χ2n) is 7.36. The van der Waals surface area contributed by atoms with Gasteiger partial charge in [0.1, 0.15) is 5.60 Å². The second kappa shape index (κ2) is 5.31. The van der Waals surface area contributed by atoms with Crippen molar-refractivity contribution in [2.45, 2.75) is 65.1 Å². The van der Waals surface area contributed by atoms with Crippen LogP contribution in [-0.2, 0) is 4.74 Å². The maximum absolute atomic E-state index is 11.9. The molecule has 0 radical (unpaired) electrons. The summed E-state index contributed by atoms with van der Waals surface area (Å²) in [6.45, 7) is 11.4. The number of rotatable bonds is 1. The summed E-state index contributed by atoms with van der Waals surface area (Å²) >= 11 is 0. The van der Waals surface area contributed by atoms with Crippen molar-refractivity contribution in [2.24, 2.45) is 17.8 Å². The minimum absolute atomic E-state index is 0.202. The molecular weight excluding hydrogens is 240 g/mol. The molecular formula is C15H28N2O2. The predicted molar refractivity (Wildman–Crippen MR) is 76.0 cm³/mol. The third-order valence-electron chi connectivity index (χ3n) is 4.53. The third kappa shape index (κ3) is 3.62. The maximum Gasteiger partial charge on any atom is 0.407 e. The highest BCUT2D eigenvalue weighted by Gasteiger charge is 2.41. The van der Waals surface area contributed by atoms with E-state index < -0.39 is 5.60 Å². The van der Waals surface area contributed by atoms with Crippen LogP contribution in [0.15, 0.2) is 0 Å². The van der Waals surface area contributed by atoms with Gasteiger partial charge in [0, 0.05) is 12.1 Å². The van der Waals surface area contributed by atoms with Crippen LogP contribution in [0.5, 0.6) is 0 Å². The molecule has 1 amide bonds. The third-order valence-corrected chi connectivity index (χ3v) is 4.53. The minimum atomic E-state index is -0.430. The van der Waals surface area contributed by atoms with E-state index in [0.29, 0.717) is 17.9 Å². The Balaban J connectivity index is 1.99. The zero-order valence-electron chi connectivity index (χ0n) is 12.8. The van der Waals surface area contributed by atoms with Gasteiger partial charge in [-0.3, -0.25) is 0 Å². The van der Waals surface area contributed by atoms with Crippen LogP contribution in [0.25, 0.3) is 0 Å². The molecule has 2 N–H and O–H groups in total. The van der Waals surface area contributed by atoms with Gasteiger partial charge in [0.2, 0.25) is 0 Å². The van der Waals surface area contributed by atoms with Crippen molar-refractivity contribution in [3.63, 3.8) is 0 Å². The summed E-state index contributed by atoms with van der Waals surface area (Å²) in [4.78, 5) is 11.9. The monoisotopic (exact) mass is 268 g/mol. The Morgan fingerprint density at radius 2 is 1.95 bits per heavy atom. The Morgan fingerprint density at radius 1 is 1.26 bits per heavy atom. The van der Waals surface area contributed by atoms with Crippen molar-refractivity contribution in [1.82, 2.24) is 10.6 Å². The first kappa shape index (κ1) is 14.6. The van der Waals surface area contributed by atoms with Gasteiger partial charge in [-0.2, -0.15) is 0 Å². The number of carbonyl (C=O) groups excluding carboxylic acids is 1. The van der Waals surface area contributed by atoms with Gasteiger partial charge < -0.3 is 15.4 Å². The molecule has 0 unspecified atom stereocenters. The van der Waals surface area contributed by atoms with E-state index in [1.807, 2.05) is 20.8 Å². The fourth-order valence-corrected chi connectivity index (χ4v) is 3.47. The minimum Gasteiger partial charge on any atom is -0.444 e. The van der Waals surface area contributed by atoms with E-state index in [-0.39, 0.29) is 12.1 Å². The summed E-state index contributed by atoms with van der Waals surface area (Å²) < 4.78 is 5.37. The van der Waals surface area contributed by atoms with E-state index in [0.717, 1.165) is 18.9 Å². The smallest absolute Gasteiger partial charge is 0.407 e. The summed E-state index contributed by atoms with van der Waals surface area (Å²) in [5.74, 6) is 1.99. The Hall–Kier alpha value is -0.770. The zero-order chi connectivity index (χ0) is 14.2. The molecule has 5 atom stereocenters. The van der Waals surface area contributed by atoms with Gasteiger partial charge in [-0.25, -0.2) is 4.79 Å². The first-order valence-corrected chi connectivity index (χ1v) is 7.49. The Bertz CT molecular complexity index is 338. The van der Waals surface area contributed by atoms with Crippen molar-refractivity contribution < 1.29 is 9.53 Å². The predicted octanol–water partition coefficient (Wildman–Crippen LogP) is 2.53. The summed E-state index contributed by atoms with van der Waals surface area (Å²) in [7, 11) is 0. The number of nitrogens with one attached hydrogen (secondary N) is 2. The van der Waals surface area contributed by atoms with Crippen LogP contribution in [0.1, 0.15) is 47.5 Å². The Morgan fingerprint density at radius 3 is 2.58 bits per heavy atom. The van der Waals surface area contributed by atoms with Crippen LogP contribution in [-0.4, -0.2) is 30.3 Å². The van der Waals surface area contributed by atoms with Crippen LogP contribution in [0.3, 0.4) is 0 Å². The number of piperidine rings is 1. The number of hydrogen-bond donors (Lipinski definition) is 2. The van der Waals surface area contributed by atoms with Crippen LogP contribution in [0, 0.1) is 17.8 Å². The fraction of sp³-hybridized carbons (Fsp3) is 0.933. The molecule has 19 heavy (non-hydrogen) atoms. The molecule has 110 valence electrons. The summed E-state index contributed by atoms with van der Waals surface area (Å²) in [5.41, 5.74) is -0.430. The summed E-state index contributed by atoms with van der Waals surface area (Å²) in [6, 6.07) is 0.579. The van der Waals surface area contributed by atoms with Crippen LogP contribution in [0.2, 0.25) is 0 Å². The van der Waals surface area contributed by atoms with Gasteiger partial charge >= 0.3 is 6.09 Å². The van der Waals surface area contributed by atoms with E-state index in [1.54, 1.807) is 0 Å². The number of carbonyl (C=O) groups is 1. The lowest BCUT2D eigenvalue weighted by Gasteiger charge is -2.37. The van der Waals surface area contributed by atoms with E-state index >= 15 is 0 Å². The SMILES string of the molecule is C[C@H]1[C@H]2NC[C@H](C[C@H]1C)C[C@@H]2NC(=O)OC(C)(C)C. The van der Waals surface area contributed by atoms with Crippen molar-refractivity contribution in [2.75, 3.05) is 6.54 Å². The molecule has 4 nitrogen and oxygen atoms in total. The zero-order valence-corrected chi connectivity index (χ0v) is 12.8. The van der Waals surface area contributed by atoms with Crippen molar-refractivity contribution in [1.29, 1.82) is 0 Å². The highest BCUT2D eigenvalue weighted by atomic mass is 16.6. The maximum atomic E-state index is 11.9. The molecule has 0 spiro atoms. The lowest BCUT2D eigenvalue weighted by Crippen LogP contribution is -2.57. The average Bonchev–Trinajstić information content (AvgIpc) is 2.43. The second-order valence-corrected chi connectivity index (χ2v) is 7.36.